The third kappa shape index (κ3) is 2.08. The number of aliphatic hydroxyl groups is 1. The van der Waals surface area contributed by atoms with Crippen LogP contribution in [0.4, 0.5) is 0 Å². The minimum atomic E-state index is -0.644. The van der Waals surface area contributed by atoms with E-state index in [9.17, 15) is 14.7 Å². The number of rotatable bonds is 1. The second-order valence-electron chi connectivity index (χ2n) is 5.20. The Morgan fingerprint density at radius 1 is 1.53 bits per heavy atom. The highest BCUT2D eigenvalue weighted by Gasteiger charge is 2.48. The number of aliphatic hydroxyl groups excluding tert-OH is 1. The Balaban J connectivity index is 2.25. The molecule has 2 fully saturated rings. The minimum Gasteiger partial charge on any atom is -0.511 e. The quantitative estimate of drug-likeness (QED) is 0.329. The summed E-state index contributed by atoms with van der Waals surface area (Å²) in [5.74, 6) is -0.578. The number of hydrogen-bond donors (Lipinski definition) is 1. The van der Waals surface area contributed by atoms with E-state index in [1.54, 1.807) is 6.92 Å². The summed E-state index contributed by atoms with van der Waals surface area (Å²) in [6, 6.07) is 0. The van der Waals surface area contributed by atoms with Crippen LogP contribution in [0.2, 0.25) is 0 Å². The lowest BCUT2D eigenvalue weighted by Crippen LogP contribution is -2.42. The monoisotopic (exact) mass is 238 g/mol. The van der Waals surface area contributed by atoms with E-state index in [1.807, 2.05) is 0 Å². The number of esters is 1. The summed E-state index contributed by atoms with van der Waals surface area (Å²) in [5.41, 5.74) is -0.733. The van der Waals surface area contributed by atoms with Crippen LogP contribution >= 0.6 is 0 Å². The van der Waals surface area contributed by atoms with E-state index in [4.69, 9.17) is 4.74 Å². The predicted molar refractivity (Wildman–Crippen MR) is 61.4 cm³/mol. The van der Waals surface area contributed by atoms with E-state index >= 15 is 0 Å². The lowest BCUT2D eigenvalue weighted by atomic mass is 9.87. The number of carbonyl (C=O) groups is 2. The van der Waals surface area contributed by atoms with E-state index in [0.717, 1.165) is 19.3 Å². The summed E-state index contributed by atoms with van der Waals surface area (Å²) in [7, 11) is 0. The SMILES string of the molecule is CCC(O)=C1C(=O)CC2(CCC(C)C2)OC1=O. The van der Waals surface area contributed by atoms with E-state index < -0.39 is 11.6 Å². The van der Waals surface area contributed by atoms with Crippen molar-refractivity contribution in [2.24, 2.45) is 5.92 Å². The van der Waals surface area contributed by atoms with Crippen LogP contribution in [0.3, 0.4) is 0 Å². The maximum Gasteiger partial charge on any atom is 0.345 e. The van der Waals surface area contributed by atoms with Gasteiger partial charge in [-0.1, -0.05) is 13.8 Å². The summed E-state index contributed by atoms with van der Waals surface area (Å²) in [6.07, 6.45) is 3.00. The fourth-order valence-electron chi connectivity index (χ4n) is 2.84. The second-order valence-corrected chi connectivity index (χ2v) is 5.20. The first-order chi connectivity index (χ1) is 7.97. The molecule has 0 aromatic heterocycles. The Morgan fingerprint density at radius 3 is 2.71 bits per heavy atom. The van der Waals surface area contributed by atoms with Crippen LogP contribution in [-0.4, -0.2) is 22.5 Å². The summed E-state index contributed by atoms with van der Waals surface area (Å²) in [6.45, 7) is 3.80. The van der Waals surface area contributed by atoms with Gasteiger partial charge < -0.3 is 9.84 Å². The molecule has 1 N–H and O–H groups in total. The molecule has 2 unspecified atom stereocenters. The zero-order valence-corrected chi connectivity index (χ0v) is 10.3. The second kappa shape index (κ2) is 4.17. The number of Topliss-reactive ketones (excluding diaryl/α,β-unsaturated/α-hetero) is 1. The lowest BCUT2D eigenvalue weighted by molar-refractivity contribution is -0.163. The van der Waals surface area contributed by atoms with Crippen LogP contribution in [0.1, 0.15) is 46.0 Å². The van der Waals surface area contributed by atoms with Crippen molar-refractivity contribution in [2.75, 3.05) is 0 Å². The summed E-state index contributed by atoms with van der Waals surface area (Å²) in [4.78, 5) is 23.8. The Kier molecular flexibility index (Phi) is 2.98. The third-order valence-electron chi connectivity index (χ3n) is 3.71. The van der Waals surface area contributed by atoms with Crippen molar-refractivity contribution in [1.82, 2.24) is 0 Å². The van der Waals surface area contributed by atoms with Gasteiger partial charge >= 0.3 is 5.97 Å². The van der Waals surface area contributed by atoms with Crippen molar-refractivity contribution >= 4 is 11.8 Å². The molecule has 0 aromatic carbocycles. The van der Waals surface area contributed by atoms with E-state index in [2.05, 4.69) is 6.92 Å². The molecule has 1 saturated heterocycles. The molecule has 0 radical (unpaired) electrons. The van der Waals surface area contributed by atoms with E-state index in [0.29, 0.717) is 5.92 Å². The average Bonchev–Trinajstić information content (AvgIpc) is 2.58. The minimum absolute atomic E-state index is 0.141. The Labute approximate surface area is 101 Å². The summed E-state index contributed by atoms with van der Waals surface area (Å²) < 4.78 is 5.43. The lowest BCUT2D eigenvalue weighted by Gasteiger charge is -2.33. The van der Waals surface area contributed by atoms with E-state index in [-0.39, 0.29) is 30.0 Å². The molecule has 1 spiro atoms. The molecule has 4 nitrogen and oxygen atoms in total. The van der Waals surface area contributed by atoms with Crippen molar-refractivity contribution in [3.05, 3.63) is 11.3 Å². The fraction of sp³-hybridized carbons (Fsp3) is 0.692. The summed E-state index contributed by atoms with van der Waals surface area (Å²) in [5, 5.41) is 9.56. The van der Waals surface area contributed by atoms with Gasteiger partial charge in [0, 0.05) is 6.42 Å². The summed E-state index contributed by atoms with van der Waals surface area (Å²) >= 11 is 0. The van der Waals surface area contributed by atoms with Crippen LogP contribution in [0.25, 0.3) is 0 Å². The Bertz CT molecular complexity index is 374. The highest BCUT2D eigenvalue weighted by atomic mass is 16.6. The van der Waals surface area contributed by atoms with Crippen LogP contribution < -0.4 is 0 Å². The van der Waals surface area contributed by atoms with Gasteiger partial charge in [-0.3, -0.25) is 4.79 Å². The number of allylic oxidation sites excluding steroid dienone is 1. The Morgan fingerprint density at radius 2 is 2.24 bits per heavy atom. The topological polar surface area (TPSA) is 63.6 Å². The normalized spacial score (nSPS) is 36.2. The highest BCUT2D eigenvalue weighted by molar-refractivity contribution is 6.19. The molecule has 1 aliphatic carbocycles. The fourth-order valence-corrected chi connectivity index (χ4v) is 2.84. The third-order valence-corrected chi connectivity index (χ3v) is 3.71. The molecule has 2 rings (SSSR count). The predicted octanol–water partition coefficient (Wildman–Crippen LogP) is 2.28. The molecule has 1 saturated carbocycles. The average molecular weight is 238 g/mol. The first-order valence-corrected chi connectivity index (χ1v) is 6.16. The first kappa shape index (κ1) is 12.1. The molecular weight excluding hydrogens is 220 g/mol. The van der Waals surface area contributed by atoms with Gasteiger partial charge in [0.25, 0.3) is 0 Å². The highest BCUT2D eigenvalue weighted by Crippen LogP contribution is 2.43. The molecule has 2 atom stereocenters. The molecule has 4 heteroatoms. The largest absolute Gasteiger partial charge is 0.511 e. The molecule has 1 heterocycles. The molecule has 0 aromatic rings. The molecule has 2 aliphatic rings. The van der Waals surface area contributed by atoms with Gasteiger partial charge in [-0.2, -0.15) is 0 Å². The number of ether oxygens (including phenoxy) is 1. The molecule has 94 valence electrons. The molecule has 0 amide bonds. The van der Waals surface area contributed by atoms with Gasteiger partial charge in [-0.05, 0) is 25.2 Å². The number of hydrogen-bond acceptors (Lipinski definition) is 4. The molecule has 17 heavy (non-hydrogen) atoms. The van der Waals surface area contributed by atoms with E-state index in [1.165, 1.54) is 0 Å². The van der Waals surface area contributed by atoms with Crippen molar-refractivity contribution in [3.8, 4) is 0 Å². The molecule has 0 bridgehead atoms. The van der Waals surface area contributed by atoms with Crippen molar-refractivity contribution < 1.29 is 19.4 Å². The smallest absolute Gasteiger partial charge is 0.345 e. The van der Waals surface area contributed by atoms with Gasteiger partial charge in [-0.15, -0.1) is 0 Å². The van der Waals surface area contributed by atoms with Gasteiger partial charge in [-0.25, -0.2) is 4.79 Å². The van der Waals surface area contributed by atoms with Crippen LogP contribution in [-0.2, 0) is 14.3 Å². The van der Waals surface area contributed by atoms with Gasteiger partial charge in [0.05, 0.1) is 6.42 Å². The van der Waals surface area contributed by atoms with Gasteiger partial charge in [0.2, 0.25) is 0 Å². The van der Waals surface area contributed by atoms with Crippen molar-refractivity contribution in [2.45, 2.75) is 51.6 Å². The number of ketones is 1. The Hall–Kier alpha value is -1.32. The van der Waals surface area contributed by atoms with Gasteiger partial charge in [0.1, 0.15) is 16.9 Å². The van der Waals surface area contributed by atoms with Crippen molar-refractivity contribution in [1.29, 1.82) is 0 Å². The van der Waals surface area contributed by atoms with Crippen LogP contribution in [0.15, 0.2) is 11.3 Å². The first-order valence-electron chi connectivity index (χ1n) is 6.16. The maximum absolute atomic E-state index is 12.0. The molecule has 1 aliphatic heterocycles. The van der Waals surface area contributed by atoms with Crippen molar-refractivity contribution in [3.63, 3.8) is 0 Å². The van der Waals surface area contributed by atoms with Crippen LogP contribution in [0, 0.1) is 5.92 Å². The van der Waals surface area contributed by atoms with Gasteiger partial charge in [0.15, 0.2) is 5.78 Å². The zero-order chi connectivity index (χ0) is 12.6. The number of carbonyl (C=O) groups excluding carboxylic acids is 2. The standard InChI is InChI=1S/C13H18O4/c1-3-9(14)11-10(15)7-13(17-12(11)16)5-4-8(2)6-13/h8,14H,3-7H2,1-2H3. The maximum atomic E-state index is 12.0. The zero-order valence-electron chi connectivity index (χ0n) is 10.3. The molecular formula is C13H18O4. The van der Waals surface area contributed by atoms with Crippen LogP contribution in [0.5, 0.6) is 0 Å².